The van der Waals surface area contributed by atoms with E-state index in [1.165, 1.54) is 0 Å². The van der Waals surface area contributed by atoms with Crippen molar-refractivity contribution >= 4 is 17.5 Å². The Morgan fingerprint density at radius 1 is 1.24 bits per heavy atom. The van der Waals surface area contributed by atoms with Gasteiger partial charge in [-0.3, -0.25) is 9.59 Å². The van der Waals surface area contributed by atoms with Gasteiger partial charge in [0.05, 0.1) is 18.2 Å². The van der Waals surface area contributed by atoms with Crippen molar-refractivity contribution in [3.05, 3.63) is 18.2 Å². The predicted octanol–water partition coefficient (Wildman–Crippen LogP) is 0.00590. The summed E-state index contributed by atoms with van der Waals surface area (Å²) in [4.78, 5) is 24.5. The van der Waals surface area contributed by atoms with Gasteiger partial charge in [0.2, 0.25) is 12.7 Å². The van der Waals surface area contributed by atoms with E-state index >= 15 is 0 Å². The van der Waals surface area contributed by atoms with Crippen molar-refractivity contribution in [2.24, 2.45) is 5.73 Å². The van der Waals surface area contributed by atoms with Crippen molar-refractivity contribution in [2.45, 2.75) is 12.5 Å². The lowest BCUT2D eigenvalue weighted by Crippen LogP contribution is -2.35. The molecule has 2 aliphatic rings. The van der Waals surface area contributed by atoms with Crippen LogP contribution in [0, 0.1) is 0 Å². The first kappa shape index (κ1) is 10.1. The third-order valence-corrected chi connectivity index (χ3v) is 2.80. The fourth-order valence-electron chi connectivity index (χ4n) is 1.95. The van der Waals surface area contributed by atoms with Crippen LogP contribution in [-0.2, 0) is 9.59 Å². The number of amides is 2. The van der Waals surface area contributed by atoms with Gasteiger partial charge in [-0.05, 0) is 12.1 Å². The normalized spacial score (nSPS) is 22.4. The molecule has 0 spiro atoms. The topological polar surface area (TPSA) is 81.9 Å². The Balaban J connectivity index is 1.99. The van der Waals surface area contributed by atoms with E-state index in [-0.39, 0.29) is 25.0 Å². The lowest BCUT2D eigenvalue weighted by molar-refractivity contribution is -0.121. The monoisotopic (exact) mass is 234 g/mol. The molecule has 2 heterocycles. The van der Waals surface area contributed by atoms with Crippen LogP contribution < -0.4 is 20.1 Å². The van der Waals surface area contributed by atoms with Crippen molar-refractivity contribution in [3.63, 3.8) is 0 Å². The zero-order chi connectivity index (χ0) is 12.0. The number of carbonyl (C=O) groups excluding carboxylic acids is 2. The maximum atomic E-state index is 11.7. The quantitative estimate of drug-likeness (QED) is 0.692. The third kappa shape index (κ3) is 1.45. The molecule has 0 saturated carbocycles. The second kappa shape index (κ2) is 3.46. The molecule has 3 rings (SSSR count). The highest BCUT2D eigenvalue weighted by atomic mass is 16.7. The largest absolute Gasteiger partial charge is 0.454 e. The summed E-state index contributed by atoms with van der Waals surface area (Å²) in [5.41, 5.74) is 6.01. The highest BCUT2D eigenvalue weighted by Crippen LogP contribution is 2.36. The molecule has 1 atom stereocenters. The van der Waals surface area contributed by atoms with Gasteiger partial charge in [0.25, 0.3) is 5.91 Å². The predicted molar refractivity (Wildman–Crippen MR) is 57.7 cm³/mol. The van der Waals surface area contributed by atoms with Gasteiger partial charge < -0.3 is 15.2 Å². The van der Waals surface area contributed by atoms with Crippen molar-refractivity contribution in [2.75, 3.05) is 11.7 Å². The Morgan fingerprint density at radius 3 is 2.71 bits per heavy atom. The minimum atomic E-state index is -0.743. The molecular formula is C11H10N2O4. The van der Waals surface area contributed by atoms with Crippen molar-refractivity contribution in [1.82, 2.24) is 0 Å². The minimum Gasteiger partial charge on any atom is -0.454 e. The number of hydrogen-bond donors (Lipinski definition) is 1. The number of nitrogens with zero attached hydrogens (tertiary/aromatic N) is 1. The molecule has 0 unspecified atom stereocenters. The molecule has 1 fully saturated rings. The number of nitrogens with two attached hydrogens (primary N) is 1. The highest BCUT2D eigenvalue weighted by molar-refractivity contribution is 6.22. The molecule has 6 heteroatoms. The second-order valence-electron chi connectivity index (χ2n) is 3.92. The molecule has 0 aliphatic carbocycles. The van der Waals surface area contributed by atoms with Gasteiger partial charge in [-0.2, -0.15) is 0 Å². The molecule has 1 saturated heterocycles. The smallest absolute Gasteiger partial charge is 0.251 e. The summed E-state index contributed by atoms with van der Waals surface area (Å²) in [7, 11) is 0. The van der Waals surface area contributed by atoms with Crippen molar-refractivity contribution < 1.29 is 19.1 Å². The Bertz CT molecular complexity index is 514. The first-order chi connectivity index (χ1) is 8.16. The van der Waals surface area contributed by atoms with Gasteiger partial charge in [-0.15, -0.1) is 0 Å². The van der Waals surface area contributed by atoms with E-state index in [1.54, 1.807) is 18.2 Å². The Labute approximate surface area is 96.9 Å². The molecule has 1 aromatic carbocycles. The zero-order valence-electron chi connectivity index (χ0n) is 8.88. The molecule has 0 radical (unpaired) electrons. The molecule has 0 bridgehead atoms. The third-order valence-electron chi connectivity index (χ3n) is 2.80. The maximum Gasteiger partial charge on any atom is 0.251 e. The molecule has 17 heavy (non-hydrogen) atoms. The van der Waals surface area contributed by atoms with Gasteiger partial charge in [0.1, 0.15) is 0 Å². The first-order valence-electron chi connectivity index (χ1n) is 5.19. The van der Waals surface area contributed by atoms with E-state index in [2.05, 4.69) is 0 Å². The van der Waals surface area contributed by atoms with Crippen LogP contribution in [0.3, 0.4) is 0 Å². The summed E-state index contributed by atoms with van der Waals surface area (Å²) >= 11 is 0. The molecular weight excluding hydrogens is 224 g/mol. The summed E-state index contributed by atoms with van der Waals surface area (Å²) in [5.74, 6) is 0.468. The van der Waals surface area contributed by atoms with E-state index in [0.29, 0.717) is 17.2 Å². The number of carbonyl (C=O) groups is 2. The van der Waals surface area contributed by atoms with Gasteiger partial charge in [-0.25, -0.2) is 4.90 Å². The van der Waals surface area contributed by atoms with Crippen LogP contribution in [0.25, 0.3) is 0 Å². The van der Waals surface area contributed by atoms with E-state index in [9.17, 15) is 9.59 Å². The molecule has 0 aromatic heterocycles. The van der Waals surface area contributed by atoms with Crippen LogP contribution in [-0.4, -0.2) is 24.6 Å². The van der Waals surface area contributed by atoms with Crippen LogP contribution in [0.4, 0.5) is 5.69 Å². The molecule has 6 nitrogen and oxygen atoms in total. The summed E-state index contributed by atoms with van der Waals surface area (Å²) in [6.45, 7) is 0.153. The van der Waals surface area contributed by atoms with Gasteiger partial charge in [-0.1, -0.05) is 0 Å². The van der Waals surface area contributed by atoms with E-state index in [4.69, 9.17) is 15.2 Å². The molecule has 1 aromatic rings. The summed E-state index contributed by atoms with van der Waals surface area (Å²) in [5, 5.41) is 0. The van der Waals surface area contributed by atoms with Gasteiger partial charge in [0, 0.05) is 6.07 Å². The number of anilines is 1. The number of fused-ring (bicyclic) bond motifs is 1. The van der Waals surface area contributed by atoms with Crippen molar-refractivity contribution in [1.29, 1.82) is 0 Å². The number of rotatable bonds is 1. The van der Waals surface area contributed by atoms with E-state index in [1.807, 2.05) is 0 Å². The number of hydrogen-bond acceptors (Lipinski definition) is 5. The fourth-order valence-corrected chi connectivity index (χ4v) is 1.95. The molecule has 88 valence electrons. The highest BCUT2D eigenvalue weighted by Gasteiger charge is 2.37. The Kier molecular flexibility index (Phi) is 2.05. The van der Waals surface area contributed by atoms with Crippen LogP contribution in [0.1, 0.15) is 6.42 Å². The summed E-state index contributed by atoms with van der Waals surface area (Å²) < 4.78 is 10.3. The van der Waals surface area contributed by atoms with Crippen molar-refractivity contribution in [3.8, 4) is 11.5 Å². The standard InChI is InChI=1S/C11H10N2O4/c12-7-4-10(14)13(11(7)15)6-1-2-8-9(3-6)17-5-16-8/h1-3,7H,4-5,12H2/t7-/m0/s1. The van der Waals surface area contributed by atoms with Crippen LogP contribution in [0.5, 0.6) is 11.5 Å². The Hall–Kier alpha value is -2.08. The summed E-state index contributed by atoms with van der Waals surface area (Å²) in [6.07, 6.45) is 0.0489. The van der Waals surface area contributed by atoms with Crippen LogP contribution in [0.15, 0.2) is 18.2 Å². The lowest BCUT2D eigenvalue weighted by atomic mass is 10.2. The SMILES string of the molecule is N[C@H]1CC(=O)N(c2ccc3c(c2)OCO3)C1=O. The minimum absolute atomic E-state index is 0.0489. The molecule has 2 aliphatic heterocycles. The van der Waals surface area contributed by atoms with E-state index in [0.717, 1.165) is 4.90 Å². The van der Waals surface area contributed by atoms with Crippen LogP contribution in [0.2, 0.25) is 0 Å². The van der Waals surface area contributed by atoms with Gasteiger partial charge in [0.15, 0.2) is 11.5 Å². The molecule has 2 amide bonds. The fraction of sp³-hybridized carbons (Fsp3) is 0.273. The van der Waals surface area contributed by atoms with E-state index < -0.39 is 6.04 Å². The lowest BCUT2D eigenvalue weighted by Gasteiger charge is -2.14. The average molecular weight is 234 g/mol. The number of benzene rings is 1. The summed E-state index contributed by atoms with van der Waals surface area (Å²) in [6, 6.07) is 4.17. The van der Waals surface area contributed by atoms with Gasteiger partial charge >= 0.3 is 0 Å². The number of imide groups is 1. The zero-order valence-corrected chi connectivity index (χ0v) is 8.88. The number of ether oxygens (including phenoxy) is 2. The first-order valence-corrected chi connectivity index (χ1v) is 5.19. The average Bonchev–Trinajstić information content (AvgIpc) is 2.84. The van der Waals surface area contributed by atoms with Crippen LogP contribution >= 0.6 is 0 Å². The second-order valence-corrected chi connectivity index (χ2v) is 3.92. The Morgan fingerprint density at radius 2 is 2.00 bits per heavy atom. The molecule has 2 N–H and O–H groups in total. The maximum absolute atomic E-state index is 11.7.